The van der Waals surface area contributed by atoms with Crippen LogP contribution in [0.4, 0.5) is 0 Å². The number of nitrogens with zero attached hydrogens (tertiary/aromatic N) is 6. The van der Waals surface area contributed by atoms with Gasteiger partial charge in [0.15, 0.2) is 11.5 Å². The molecule has 0 aliphatic heterocycles. The van der Waals surface area contributed by atoms with Crippen LogP contribution in [0.5, 0.6) is 0 Å². The lowest BCUT2D eigenvalue weighted by molar-refractivity contribution is 0.365. The van der Waals surface area contributed by atoms with E-state index in [4.69, 9.17) is 5.10 Å². The molecule has 29 heavy (non-hydrogen) atoms. The van der Waals surface area contributed by atoms with E-state index in [0.717, 1.165) is 28.0 Å². The summed E-state index contributed by atoms with van der Waals surface area (Å²) in [6.45, 7) is 24.8. The van der Waals surface area contributed by atoms with Crippen LogP contribution in [0.15, 0.2) is 31.9 Å². The van der Waals surface area contributed by atoms with E-state index in [1.54, 1.807) is 6.33 Å². The van der Waals surface area contributed by atoms with Crippen molar-refractivity contribution in [3.63, 3.8) is 0 Å². The fourth-order valence-corrected chi connectivity index (χ4v) is 2.85. The fourth-order valence-electron chi connectivity index (χ4n) is 2.85. The van der Waals surface area contributed by atoms with Gasteiger partial charge in [-0.2, -0.15) is 5.10 Å². The van der Waals surface area contributed by atoms with Crippen molar-refractivity contribution in [3.8, 4) is 0 Å². The molecule has 0 N–H and O–H groups in total. The predicted molar refractivity (Wildman–Crippen MR) is 121 cm³/mol. The number of hydrogen-bond donors (Lipinski definition) is 0. The van der Waals surface area contributed by atoms with Crippen molar-refractivity contribution in [3.05, 3.63) is 54.7 Å². The van der Waals surface area contributed by atoms with Crippen molar-refractivity contribution in [2.24, 2.45) is 0 Å². The molecule has 0 aromatic carbocycles. The highest BCUT2D eigenvalue weighted by molar-refractivity contribution is 6.06. The number of hydrogen-bond acceptors (Lipinski definition) is 5. The second-order valence-corrected chi connectivity index (χ2v) is 8.04. The van der Waals surface area contributed by atoms with Crippen molar-refractivity contribution in [1.82, 2.24) is 29.7 Å². The van der Waals surface area contributed by atoms with Crippen LogP contribution in [-0.2, 0) is 5.54 Å². The van der Waals surface area contributed by atoms with Crippen LogP contribution < -0.4 is 0 Å². The van der Waals surface area contributed by atoms with Gasteiger partial charge in [-0.05, 0) is 39.2 Å². The molecular weight excluding hydrogens is 360 g/mol. The smallest absolute Gasteiger partial charge is 0.162 e. The van der Waals surface area contributed by atoms with Gasteiger partial charge in [0.1, 0.15) is 12.0 Å². The van der Waals surface area contributed by atoms with Crippen LogP contribution in [0, 0.1) is 6.92 Å². The second-order valence-electron chi connectivity index (χ2n) is 8.04. The Morgan fingerprint density at radius 1 is 0.966 bits per heavy atom. The zero-order chi connectivity index (χ0) is 21.9. The van der Waals surface area contributed by atoms with E-state index in [-0.39, 0.29) is 5.54 Å². The van der Waals surface area contributed by atoms with Crippen molar-refractivity contribution in [1.29, 1.82) is 0 Å². The molecule has 3 aromatic rings. The van der Waals surface area contributed by atoms with E-state index in [9.17, 15) is 0 Å². The molecule has 3 heterocycles. The Bertz CT molecular complexity index is 1020. The van der Waals surface area contributed by atoms with Crippen molar-refractivity contribution in [2.45, 2.75) is 66.8 Å². The molecule has 0 radical (unpaired) electrons. The predicted octanol–water partition coefficient (Wildman–Crippen LogP) is 5.56. The fraction of sp³-hybridized carbons (Fsp3) is 0.435. The Labute approximate surface area is 173 Å². The van der Waals surface area contributed by atoms with Crippen LogP contribution >= 0.6 is 0 Å². The maximum absolute atomic E-state index is 4.81. The Morgan fingerprint density at radius 3 is 2.07 bits per heavy atom. The largest absolute Gasteiger partial charge is 0.241 e. The highest BCUT2D eigenvalue weighted by atomic mass is 15.3. The van der Waals surface area contributed by atoms with E-state index >= 15 is 0 Å². The molecule has 0 aliphatic carbocycles. The monoisotopic (exact) mass is 392 g/mol. The molecule has 0 fully saturated rings. The summed E-state index contributed by atoms with van der Waals surface area (Å²) in [5.74, 6) is 0.930. The van der Waals surface area contributed by atoms with Gasteiger partial charge in [-0.25, -0.2) is 24.6 Å². The van der Waals surface area contributed by atoms with Gasteiger partial charge in [-0.3, -0.25) is 0 Å². The minimum atomic E-state index is -0.228. The van der Waals surface area contributed by atoms with Crippen LogP contribution in [-0.4, -0.2) is 29.7 Å². The van der Waals surface area contributed by atoms with Crippen LogP contribution in [0.3, 0.4) is 0 Å². The first-order valence-electron chi connectivity index (χ1n) is 10.0. The summed E-state index contributed by atoms with van der Waals surface area (Å²) in [7, 11) is 0. The molecule has 3 rings (SSSR count). The quantitative estimate of drug-likeness (QED) is 0.544. The average Bonchev–Trinajstić information content (AvgIpc) is 3.10. The minimum absolute atomic E-state index is 0.228. The van der Waals surface area contributed by atoms with Gasteiger partial charge < -0.3 is 0 Å². The van der Waals surface area contributed by atoms with Gasteiger partial charge in [0.25, 0.3) is 0 Å². The summed E-state index contributed by atoms with van der Waals surface area (Å²) in [5, 5.41) is 5.70. The third-order valence-electron chi connectivity index (χ3n) is 4.55. The van der Waals surface area contributed by atoms with E-state index < -0.39 is 0 Å². The number of aromatic nitrogens is 6. The van der Waals surface area contributed by atoms with Gasteiger partial charge in [0, 0.05) is 23.5 Å². The minimum Gasteiger partial charge on any atom is -0.241 e. The number of rotatable bonds is 4. The summed E-state index contributed by atoms with van der Waals surface area (Å²) >= 11 is 0. The van der Waals surface area contributed by atoms with Gasteiger partial charge in [0.05, 0.1) is 16.6 Å². The molecule has 0 atom stereocenters. The maximum Gasteiger partial charge on any atom is 0.162 e. The molecule has 0 bridgehead atoms. The van der Waals surface area contributed by atoms with Gasteiger partial charge in [0.2, 0.25) is 0 Å². The molecule has 0 spiro atoms. The highest BCUT2D eigenvalue weighted by Crippen LogP contribution is 2.33. The van der Waals surface area contributed by atoms with Crippen LogP contribution in [0.1, 0.15) is 77.2 Å². The molecule has 0 amide bonds. The van der Waals surface area contributed by atoms with E-state index in [0.29, 0.717) is 22.9 Å². The first-order chi connectivity index (χ1) is 13.6. The summed E-state index contributed by atoms with van der Waals surface area (Å²) in [4.78, 5) is 17.7. The number of aryl methyl sites for hydroxylation is 1. The van der Waals surface area contributed by atoms with Gasteiger partial charge in [-0.15, -0.1) is 0 Å². The molecule has 0 aliphatic rings. The number of allylic oxidation sites excluding steroid dienone is 2. The SMILES string of the molecule is C=C(C(=C)c1nn(C(C)(C)C)c2ncnc(C)c12)c1ncc(C(C)C)cn1.CC. The molecule has 154 valence electrons. The molecule has 3 aromatic heterocycles. The second kappa shape index (κ2) is 8.64. The molecule has 6 nitrogen and oxygen atoms in total. The summed E-state index contributed by atoms with van der Waals surface area (Å²) in [6, 6.07) is 0. The third kappa shape index (κ3) is 4.42. The molecule has 0 saturated carbocycles. The maximum atomic E-state index is 4.81. The topological polar surface area (TPSA) is 69.4 Å². The van der Waals surface area contributed by atoms with Gasteiger partial charge >= 0.3 is 0 Å². The zero-order valence-electron chi connectivity index (χ0n) is 18.9. The summed E-state index contributed by atoms with van der Waals surface area (Å²) in [5.41, 5.74) is 4.55. The molecular formula is C23H32N6. The molecule has 6 heteroatoms. The van der Waals surface area contributed by atoms with Crippen molar-refractivity contribution in [2.75, 3.05) is 0 Å². The summed E-state index contributed by atoms with van der Waals surface area (Å²) in [6.07, 6.45) is 5.24. The third-order valence-corrected chi connectivity index (χ3v) is 4.55. The first-order valence-corrected chi connectivity index (χ1v) is 10.0. The lowest BCUT2D eigenvalue weighted by atomic mass is 10.0. The van der Waals surface area contributed by atoms with E-state index in [2.05, 4.69) is 67.7 Å². The van der Waals surface area contributed by atoms with Crippen molar-refractivity contribution < 1.29 is 0 Å². The Hall–Kier alpha value is -2.89. The standard InChI is InChI=1S/C21H26N6.C2H6/c1-12(2)16-9-22-19(23-10-16)14(4)13(3)18-17-15(5)24-11-25-20(17)27(26-18)21(6,7)8;1-2/h9-12H,3-4H2,1-2,5-8H3;1-2H3. The highest BCUT2D eigenvalue weighted by Gasteiger charge is 2.25. The van der Waals surface area contributed by atoms with Crippen LogP contribution in [0.2, 0.25) is 0 Å². The Kier molecular flexibility index (Phi) is 6.67. The Balaban J connectivity index is 0.00000145. The van der Waals surface area contributed by atoms with E-state index in [1.165, 1.54) is 0 Å². The molecule has 0 unspecified atom stereocenters. The molecule has 0 saturated heterocycles. The lowest BCUT2D eigenvalue weighted by Crippen LogP contribution is -2.23. The zero-order valence-corrected chi connectivity index (χ0v) is 18.9. The van der Waals surface area contributed by atoms with Crippen molar-refractivity contribution >= 4 is 22.2 Å². The summed E-state index contributed by atoms with van der Waals surface area (Å²) < 4.78 is 1.91. The number of fused-ring (bicyclic) bond motifs is 1. The van der Waals surface area contributed by atoms with Crippen LogP contribution in [0.25, 0.3) is 22.2 Å². The first kappa shape index (κ1) is 22.4. The Morgan fingerprint density at radius 2 is 1.55 bits per heavy atom. The van der Waals surface area contributed by atoms with Gasteiger partial charge in [-0.1, -0.05) is 40.9 Å². The lowest BCUT2D eigenvalue weighted by Gasteiger charge is -2.19. The average molecular weight is 393 g/mol. The van der Waals surface area contributed by atoms with E-state index in [1.807, 2.05) is 37.8 Å². The normalized spacial score (nSPS) is 11.3.